The van der Waals surface area contributed by atoms with Crippen LogP contribution in [0, 0.1) is 6.92 Å². The second-order valence-corrected chi connectivity index (χ2v) is 8.69. The topological polar surface area (TPSA) is 105 Å². The molecule has 9 heteroatoms. The Bertz CT molecular complexity index is 1280. The lowest BCUT2D eigenvalue weighted by Gasteiger charge is -2.26. The summed E-state index contributed by atoms with van der Waals surface area (Å²) in [7, 11) is 0. The third kappa shape index (κ3) is 5.90. The number of rotatable bonds is 9. The van der Waals surface area contributed by atoms with Crippen molar-refractivity contribution in [2.24, 2.45) is 4.99 Å². The molecule has 0 saturated carbocycles. The highest BCUT2D eigenvalue weighted by molar-refractivity contribution is 6.26. The van der Waals surface area contributed by atoms with E-state index >= 15 is 0 Å². The number of esters is 1. The first-order valence-corrected chi connectivity index (χ1v) is 12.3. The molecule has 0 radical (unpaired) electrons. The van der Waals surface area contributed by atoms with Crippen molar-refractivity contribution in [3.63, 3.8) is 0 Å². The molecule has 2 aromatic rings. The summed E-state index contributed by atoms with van der Waals surface area (Å²) in [4.78, 5) is 35.3. The molecule has 1 saturated heterocycles. The van der Waals surface area contributed by atoms with Gasteiger partial charge in [-0.05, 0) is 50.8 Å². The fourth-order valence-corrected chi connectivity index (χ4v) is 4.28. The summed E-state index contributed by atoms with van der Waals surface area (Å²) in [5.74, 6) is -0.670. The predicted molar refractivity (Wildman–Crippen MR) is 143 cm³/mol. The Morgan fingerprint density at radius 3 is 2.78 bits per heavy atom. The van der Waals surface area contributed by atoms with Gasteiger partial charge < -0.3 is 24.5 Å². The van der Waals surface area contributed by atoms with Crippen molar-refractivity contribution in [3.05, 3.63) is 69.9 Å². The van der Waals surface area contributed by atoms with E-state index in [1.165, 1.54) is 5.56 Å². The number of hydrogen-bond donors (Lipinski definition) is 2. The molecule has 0 bridgehead atoms. The Morgan fingerprint density at radius 2 is 2.11 bits per heavy atom. The number of morpholine rings is 1. The second kappa shape index (κ2) is 11.9. The molecule has 0 amide bonds. The van der Waals surface area contributed by atoms with Gasteiger partial charge in [-0.2, -0.15) is 0 Å². The van der Waals surface area contributed by atoms with E-state index < -0.39 is 11.8 Å². The van der Waals surface area contributed by atoms with E-state index in [9.17, 15) is 9.59 Å². The van der Waals surface area contributed by atoms with Crippen molar-refractivity contribution in [1.29, 1.82) is 0 Å². The number of ether oxygens (including phenoxy) is 3. The summed E-state index contributed by atoms with van der Waals surface area (Å²) < 4.78 is 16.5. The van der Waals surface area contributed by atoms with Gasteiger partial charge in [0.25, 0.3) is 0 Å². The lowest BCUT2D eigenvalue weighted by atomic mass is 10.1. The molecule has 2 N–H and O–H groups in total. The van der Waals surface area contributed by atoms with E-state index in [-0.39, 0.29) is 23.8 Å². The van der Waals surface area contributed by atoms with Crippen LogP contribution in [0.5, 0.6) is 0 Å². The van der Waals surface area contributed by atoms with Gasteiger partial charge in [-0.15, -0.1) is 0 Å². The molecular formula is C28H32N4O5. The van der Waals surface area contributed by atoms with Crippen LogP contribution in [-0.4, -0.2) is 61.3 Å². The minimum Gasteiger partial charge on any atom is -0.462 e. The number of hydrogen-bond acceptors (Lipinski definition) is 8. The van der Waals surface area contributed by atoms with Gasteiger partial charge in [0.15, 0.2) is 11.3 Å². The molecule has 4 rings (SSSR count). The van der Waals surface area contributed by atoms with Crippen LogP contribution in [0.1, 0.15) is 36.1 Å². The van der Waals surface area contributed by atoms with E-state index in [4.69, 9.17) is 14.2 Å². The lowest BCUT2D eigenvalue weighted by molar-refractivity contribution is -0.139. The molecule has 1 aromatic heterocycles. The summed E-state index contributed by atoms with van der Waals surface area (Å²) in [5, 5.41) is 3.14. The average Bonchev–Trinajstić information content (AvgIpc) is 3.41. The first-order chi connectivity index (χ1) is 17.9. The van der Waals surface area contributed by atoms with Gasteiger partial charge in [0.05, 0.1) is 19.8 Å². The van der Waals surface area contributed by atoms with E-state index in [0.29, 0.717) is 11.4 Å². The van der Waals surface area contributed by atoms with Crippen molar-refractivity contribution < 1.29 is 23.8 Å². The van der Waals surface area contributed by atoms with Crippen molar-refractivity contribution in [3.8, 4) is 0 Å². The number of aromatic nitrogens is 1. The number of benzene rings is 1. The number of anilines is 1. The van der Waals surface area contributed by atoms with Crippen LogP contribution in [-0.2, 0) is 30.3 Å². The van der Waals surface area contributed by atoms with Crippen molar-refractivity contribution >= 4 is 42.1 Å². The standard InChI is InChI=1S/C28H32N4O5/c1-5-7-21-20(16-30-26(21)29-4)15-23-25(33)24(28(34)36-6-2)27(37-23)31-22-9-8-19(14-18(22)3)17-32-10-12-35-13-11-32/h5,7-9,14-16,30-31H,4,6,10-13,17H2,1-3H3/b7-5-,23-15-. The minimum atomic E-state index is -0.740. The first-order valence-electron chi connectivity index (χ1n) is 12.3. The van der Waals surface area contributed by atoms with Crippen LogP contribution >= 0.6 is 0 Å². The summed E-state index contributed by atoms with van der Waals surface area (Å²) in [6.07, 6.45) is 7.00. The second-order valence-electron chi connectivity index (χ2n) is 8.69. The number of aromatic amines is 1. The molecule has 3 heterocycles. The summed E-state index contributed by atoms with van der Waals surface area (Å²) in [6.45, 7) is 13.4. The number of nitrogens with zero attached hydrogens (tertiary/aromatic N) is 2. The maximum absolute atomic E-state index is 13.3. The SMILES string of the molecule is C=Nc1[nH]cc(/C=C2\OC(Nc3ccc(CN4CCOCC4)cc3C)=C(C(=O)OCC)C2=O)c1/C=C\C. The summed E-state index contributed by atoms with van der Waals surface area (Å²) in [5.41, 5.74) is 4.12. The maximum Gasteiger partial charge on any atom is 0.347 e. The highest BCUT2D eigenvalue weighted by Gasteiger charge is 2.37. The third-order valence-corrected chi connectivity index (χ3v) is 6.13. The number of carbonyl (C=O) groups is 2. The Labute approximate surface area is 216 Å². The minimum absolute atomic E-state index is 0.00695. The number of aliphatic imine (C=N–C) groups is 1. The molecule has 0 unspecified atom stereocenters. The quantitative estimate of drug-likeness (QED) is 0.226. The largest absolute Gasteiger partial charge is 0.462 e. The number of Topliss-reactive ketones (excluding diaryl/α,β-unsaturated/α-hetero) is 1. The fraction of sp³-hybridized carbons (Fsp3) is 0.321. The Hall–Kier alpha value is -3.95. The zero-order valence-corrected chi connectivity index (χ0v) is 21.4. The smallest absolute Gasteiger partial charge is 0.347 e. The van der Waals surface area contributed by atoms with E-state index in [1.54, 1.807) is 19.2 Å². The van der Waals surface area contributed by atoms with Crippen LogP contribution in [0.4, 0.5) is 11.5 Å². The van der Waals surface area contributed by atoms with Gasteiger partial charge in [-0.25, -0.2) is 9.79 Å². The van der Waals surface area contributed by atoms with Crippen molar-refractivity contribution in [2.75, 3.05) is 38.2 Å². The Balaban J connectivity index is 1.61. The van der Waals surface area contributed by atoms with Crippen molar-refractivity contribution in [2.45, 2.75) is 27.3 Å². The van der Waals surface area contributed by atoms with E-state index in [2.05, 4.69) is 33.0 Å². The molecule has 0 spiro atoms. The number of allylic oxidation sites excluding steroid dienone is 2. The summed E-state index contributed by atoms with van der Waals surface area (Å²) in [6, 6.07) is 6.04. The van der Waals surface area contributed by atoms with Gasteiger partial charge in [0.2, 0.25) is 11.7 Å². The molecule has 0 aliphatic carbocycles. The molecule has 1 fully saturated rings. The molecule has 9 nitrogen and oxygen atoms in total. The fourth-order valence-electron chi connectivity index (χ4n) is 4.28. The monoisotopic (exact) mass is 504 g/mol. The molecule has 1 aromatic carbocycles. The van der Waals surface area contributed by atoms with Crippen LogP contribution in [0.3, 0.4) is 0 Å². The molecular weight excluding hydrogens is 472 g/mol. The number of ketones is 1. The number of nitrogens with one attached hydrogen (secondary N) is 2. The lowest BCUT2D eigenvalue weighted by Crippen LogP contribution is -2.35. The van der Waals surface area contributed by atoms with Gasteiger partial charge in [-0.3, -0.25) is 9.69 Å². The van der Waals surface area contributed by atoms with E-state index in [1.807, 2.05) is 38.1 Å². The maximum atomic E-state index is 13.3. The van der Waals surface area contributed by atoms with Crippen LogP contribution in [0.25, 0.3) is 12.2 Å². The van der Waals surface area contributed by atoms with Gasteiger partial charge in [0, 0.05) is 42.6 Å². The molecule has 194 valence electrons. The molecule has 2 aliphatic rings. The van der Waals surface area contributed by atoms with Gasteiger partial charge in [-0.1, -0.05) is 24.3 Å². The van der Waals surface area contributed by atoms with E-state index in [0.717, 1.165) is 49.7 Å². The Morgan fingerprint density at radius 1 is 1.32 bits per heavy atom. The van der Waals surface area contributed by atoms with Crippen molar-refractivity contribution in [1.82, 2.24) is 9.88 Å². The molecule has 37 heavy (non-hydrogen) atoms. The van der Waals surface area contributed by atoms with Gasteiger partial charge >= 0.3 is 5.97 Å². The van der Waals surface area contributed by atoms with Crippen LogP contribution in [0.15, 0.2) is 52.7 Å². The number of H-pyrrole nitrogens is 1. The molecule has 2 aliphatic heterocycles. The predicted octanol–water partition coefficient (Wildman–Crippen LogP) is 4.35. The zero-order valence-electron chi connectivity index (χ0n) is 21.4. The van der Waals surface area contributed by atoms with Crippen LogP contribution < -0.4 is 5.32 Å². The zero-order chi connectivity index (χ0) is 26.4. The molecule has 0 atom stereocenters. The highest BCUT2D eigenvalue weighted by Crippen LogP contribution is 2.32. The number of aryl methyl sites for hydroxylation is 1. The Kier molecular flexibility index (Phi) is 8.37. The van der Waals surface area contributed by atoms with Gasteiger partial charge in [0.1, 0.15) is 5.82 Å². The third-order valence-electron chi connectivity index (χ3n) is 6.13. The van der Waals surface area contributed by atoms with Crippen LogP contribution in [0.2, 0.25) is 0 Å². The highest BCUT2D eigenvalue weighted by atomic mass is 16.5. The first kappa shape index (κ1) is 26.1. The summed E-state index contributed by atoms with van der Waals surface area (Å²) >= 11 is 0. The average molecular weight is 505 g/mol. The normalized spacial score (nSPS) is 17.5. The number of carbonyl (C=O) groups excluding carboxylic acids is 2.